The van der Waals surface area contributed by atoms with Gasteiger partial charge >= 0.3 is 13.8 Å². The lowest BCUT2D eigenvalue weighted by Gasteiger charge is -2.23. The van der Waals surface area contributed by atoms with Gasteiger partial charge in [0.25, 0.3) is 5.91 Å². The van der Waals surface area contributed by atoms with Gasteiger partial charge in [0.1, 0.15) is 12.1 Å². The highest BCUT2D eigenvalue weighted by atomic mass is 31.2. The predicted molar refractivity (Wildman–Crippen MR) is 266 cm³/mol. The van der Waals surface area contributed by atoms with Crippen LogP contribution in [0.4, 0.5) is 0 Å². The molecule has 2 aromatic rings. The number of para-hydroxylation sites is 1. The van der Waals surface area contributed by atoms with E-state index in [2.05, 4.69) is 40.1 Å². The number of phosphoric acid groups is 1. The molecule has 1 heterocycles. The fraction of sp³-hybridized carbons (Fsp3) is 0.745. The fourth-order valence-corrected chi connectivity index (χ4v) is 8.56. The van der Waals surface area contributed by atoms with Crippen molar-refractivity contribution in [2.75, 3.05) is 32.9 Å². The van der Waals surface area contributed by atoms with Crippen LogP contribution in [0.1, 0.15) is 205 Å². The normalized spacial score (nSPS) is 13.6. The van der Waals surface area contributed by atoms with Gasteiger partial charge in [-0.25, -0.2) is 4.57 Å². The van der Waals surface area contributed by atoms with Crippen LogP contribution in [0.15, 0.2) is 30.5 Å². The summed E-state index contributed by atoms with van der Waals surface area (Å²) < 4.78 is 28.6. The molecule has 2 rings (SSSR count). The first-order chi connectivity index (χ1) is 32.4. The summed E-state index contributed by atoms with van der Waals surface area (Å²) in [6, 6.07) is 5.16. The summed E-state index contributed by atoms with van der Waals surface area (Å²) in [6.45, 7) is 7.19. The van der Waals surface area contributed by atoms with E-state index in [1.807, 2.05) is 38.1 Å². The monoisotopic (exact) mass is 962 g/mol. The molecule has 1 aromatic carbocycles. The number of benzene rings is 1. The van der Waals surface area contributed by atoms with E-state index in [9.17, 15) is 33.4 Å². The molecule has 16 heteroatoms. The minimum Gasteiger partial charge on any atom is -0.466 e. The number of amides is 4. The van der Waals surface area contributed by atoms with Crippen molar-refractivity contribution in [2.45, 2.75) is 207 Å². The number of hydrogen-bond donors (Lipinski definition) is 6. The molecule has 1 unspecified atom stereocenters. The lowest BCUT2D eigenvalue weighted by molar-refractivity contribution is -0.143. The molecule has 67 heavy (non-hydrogen) atoms. The first-order valence-corrected chi connectivity index (χ1v) is 27.4. The van der Waals surface area contributed by atoms with Gasteiger partial charge in [0.2, 0.25) is 17.7 Å². The second kappa shape index (κ2) is 37.2. The van der Waals surface area contributed by atoms with Crippen molar-refractivity contribution in [2.24, 2.45) is 5.92 Å². The molecular formula is C51H88N5O10P. The Hall–Kier alpha value is -3.78. The molecular weight excluding hydrogens is 874 g/mol. The van der Waals surface area contributed by atoms with Crippen LogP contribution in [0.3, 0.4) is 0 Å². The smallest absolute Gasteiger partial charge is 0.466 e. The third kappa shape index (κ3) is 27.7. The van der Waals surface area contributed by atoms with E-state index in [0.29, 0.717) is 31.2 Å². The highest BCUT2D eigenvalue weighted by Crippen LogP contribution is 2.43. The Bertz CT molecular complexity index is 1720. The molecule has 0 spiro atoms. The molecule has 1 aromatic heterocycles. The molecule has 0 radical (unpaired) electrons. The summed E-state index contributed by atoms with van der Waals surface area (Å²) in [6.07, 6.45) is 28.7. The summed E-state index contributed by atoms with van der Waals surface area (Å²) in [7, 11) is -4.75. The number of H-pyrrole nitrogens is 1. The van der Waals surface area contributed by atoms with E-state index >= 15 is 0 Å². The van der Waals surface area contributed by atoms with Crippen molar-refractivity contribution >= 4 is 48.3 Å². The van der Waals surface area contributed by atoms with Crippen molar-refractivity contribution < 1.29 is 47.2 Å². The average molecular weight is 962 g/mol. The predicted octanol–water partition coefficient (Wildman–Crippen LogP) is 10.5. The summed E-state index contributed by atoms with van der Waals surface area (Å²) in [5.41, 5.74) is 1.19. The Kier molecular flexibility index (Phi) is 32.9. The number of phosphoric ester groups is 1. The number of carbonyl (C=O) groups is 5. The van der Waals surface area contributed by atoms with Gasteiger partial charge < -0.3 is 35.9 Å². The average Bonchev–Trinajstić information content (AvgIpc) is 3.76. The van der Waals surface area contributed by atoms with Crippen molar-refractivity contribution in [1.82, 2.24) is 26.3 Å². The largest absolute Gasteiger partial charge is 0.472 e. The summed E-state index contributed by atoms with van der Waals surface area (Å²) in [5, 5.41) is 11.5. The quantitative estimate of drug-likeness (QED) is 0.0210. The van der Waals surface area contributed by atoms with Gasteiger partial charge in [0.05, 0.1) is 25.4 Å². The zero-order valence-electron chi connectivity index (χ0n) is 41.6. The molecule has 15 nitrogen and oxygen atoms in total. The first kappa shape index (κ1) is 59.3. The fourth-order valence-electron chi connectivity index (χ4n) is 7.83. The Balaban J connectivity index is 1.78. The second-order valence-electron chi connectivity index (χ2n) is 18.0. The molecule has 0 aliphatic heterocycles. The van der Waals surface area contributed by atoms with Crippen LogP contribution in [0.2, 0.25) is 0 Å². The molecule has 6 N–H and O–H groups in total. The van der Waals surface area contributed by atoms with Crippen LogP contribution in [-0.4, -0.2) is 84.5 Å². The number of carbonyl (C=O) groups excluding carboxylic acids is 5. The van der Waals surface area contributed by atoms with Crippen molar-refractivity contribution in [3.63, 3.8) is 0 Å². The molecule has 4 atom stereocenters. The number of unbranched alkanes of at least 4 members (excludes halogenated alkanes) is 20. The maximum atomic E-state index is 13.3. The van der Waals surface area contributed by atoms with Gasteiger partial charge in [-0.15, -0.1) is 0 Å². The number of fused-ring (bicyclic) bond motifs is 1. The van der Waals surface area contributed by atoms with Gasteiger partial charge in [0, 0.05) is 43.0 Å². The molecule has 0 aliphatic carbocycles. The van der Waals surface area contributed by atoms with Gasteiger partial charge in [-0.05, 0) is 31.2 Å². The number of nitrogens with one attached hydrogen (secondary N) is 5. The van der Waals surface area contributed by atoms with Crippen LogP contribution in [0, 0.1) is 5.92 Å². The SMILES string of the molecule is CCCCCCCCCCCCCCCC(=O)OCCCNC(=O)[C@H](COP(=O)(O)OCCNC(=O)[C@@H](NC(=O)c1c[nH]c2ccccc12)[C@@H](C)CC)NC(=O)CCCCCCCCCCC. The first-order valence-electron chi connectivity index (χ1n) is 25.9. The number of aromatic amines is 1. The lowest BCUT2D eigenvalue weighted by atomic mass is 9.98. The molecule has 0 saturated heterocycles. The van der Waals surface area contributed by atoms with Crippen LogP contribution in [0.25, 0.3) is 10.9 Å². The number of ether oxygens (including phenoxy) is 1. The molecule has 0 bridgehead atoms. The second-order valence-corrected chi connectivity index (χ2v) is 19.5. The zero-order valence-corrected chi connectivity index (χ0v) is 42.5. The standard InChI is InChI=1S/C51H88N5O10P/c1-5-8-10-12-14-16-17-18-19-21-23-25-27-34-47(58)64-37-30-35-52-50(60)45(55-46(57)33-26-24-22-20-15-13-11-9-6-2)40-66-67(62,63)65-38-36-53-51(61)48(41(4)7-3)56-49(59)43-39-54-44-32-29-28-31-42(43)44/h28-29,31-32,39,41,45,48,54H,5-27,30,33-38,40H2,1-4H3,(H,52,60)(H,53,61)(H,55,57)(H,56,59)(H,62,63)/t41-,45-,48-/m0/s1. The molecule has 382 valence electrons. The van der Waals surface area contributed by atoms with Gasteiger partial charge in [-0.3, -0.25) is 33.0 Å². The third-order valence-corrected chi connectivity index (χ3v) is 13.2. The Labute approximate surface area is 402 Å². The van der Waals surface area contributed by atoms with Crippen molar-refractivity contribution in [3.8, 4) is 0 Å². The zero-order chi connectivity index (χ0) is 49.0. The summed E-state index contributed by atoms with van der Waals surface area (Å²) >= 11 is 0. The molecule has 0 aliphatic rings. The van der Waals surface area contributed by atoms with Gasteiger partial charge in [-0.1, -0.05) is 181 Å². The minimum absolute atomic E-state index is 0.120. The maximum absolute atomic E-state index is 13.3. The minimum atomic E-state index is -4.75. The number of esters is 1. The van der Waals surface area contributed by atoms with Crippen LogP contribution in [-0.2, 0) is 37.5 Å². The topological polar surface area (TPSA) is 214 Å². The molecule has 4 amide bonds. The third-order valence-electron chi connectivity index (χ3n) is 12.2. The van der Waals surface area contributed by atoms with Crippen molar-refractivity contribution in [3.05, 3.63) is 36.0 Å². The Morgan fingerprint density at radius 3 is 1.76 bits per heavy atom. The summed E-state index contributed by atoms with van der Waals surface area (Å²) in [5.74, 6) is -2.42. The lowest BCUT2D eigenvalue weighted by Crippen LogP contribution is -2.50. The Morgan fingerprint density at radius 2 is 1.18 bits per heavy atom. The number of aromatic nitrogens is 1. The van der Waals surface area contributed by atoms with Crippen LogP contribution in [0.5, 0.6) is 0 Å². The van der Waals surface area contributed by atoms with Gasteiger partial charge in [0.15, 0.2) is 0 Å². The number of rotatable bonds is 42. The van der Waals surface area contributed by atoms with E-state index in [1.165, 1.54) is 96.3 Å². The van der Waals surface area contributed by atoms with Crippen LogP contribution < -0.4 is 21.3 Å². The molecule has 0 fully saturated rings. The van der Waals surface area contributed by atoms with E-state index in [-0.39, 0.29) is 38.0 Å². The van der Waals surface area contributed by atoms with E-state index in [1.54, 1.807) is 6.20 Å². The molecule has 0 saturated carbocycles. The highest BCUT2D eigenvalue weighted by Gasteiger charge is 2.30. The van der Waals surface area contributed by atoms with E-state index in [4.69, 9.17) is 13.8 Å². The van der Waals surface area contributed by atoms with E-state index < -0.39 is 56.7 Å². The summed E-state index contributed by atoms with van der Waals surface area (Å²) in [4.78, 5) is 78.5. The number of hydrogen-bond acceptors (Lipinski definition) is 9. The van der Waals surface area contributed by atoms with Crippen molar-refractivity contribution in [1.29, 1.82) is 0 Å². The Morgan fingerprint density at radius 1 is 0.642 bits per heavy atom. The highest BCUT2D eigenvalue weighted by molar-refractivity contribution is 7.47. The van der Waals surface area contributed by atoms with Crippen LogP contribution >= 0.6 is 7.82 Å². The van der Waals surface area contributed by atoms with E-state index in [0.717, 1.165) is 49.4 Å². The van der Waals surface area contributed by atoms with Gasteiger partial charge in [-0.2, -0.15) is 0 Å². The maximum Gasteiger partial charge on any atom is 0.472 e.